The first-order chi connectivity index (χ1) is 8.47. The van der Waals surface area contributed by atoms with E-state index in [0.717, 1.165) is 5.01 Å². The highest BCUT2D eigenvalue weighted by atomic mass is 19.1. The molecule has 0 saturated carbocycles. The summed E-state index contributed by atoms with van der Waals surface area (Å²) in [6.45, 7) is -1.05. The van der Waals surface area contributed by atoms with Gasteiger partial charge in [0.15, 0.2) is 0 Å². The molecule has 0 bridgehead atoms. The lowest BCUT2D eigenvalue weighted by Crippen LogP contribution is -2.30. The third-order valence-electron chi connectivity index (χ3n) is 1.88. The first kappa shape index (κ1) is 13.6. The minimum absolute atomic E-state index is 0.403. The van der Waals surface area contributed by atoms with Gasteiger partial charge in [0.25, 0.3) is 0 Å². The van der Waals surface area contributed by atoms with E-state index in [4.69, 9.17) is 10.2 Å². The minimum atomic E-state index is -1.19. The van der Waals surface area contributed by atoms with Gasteiger partial charge in [-0.1, -0.05) is 12.1 Å². The lowest BCUT2D eigenvalue weighted by atomic mass is 10.2. The lowest BCUT2D eigenvalue weighted by Gasteiger charge is -2.13. The van der Waals surface area contributed by atoms with Crippen LogP contribution in [0.2, 0.25) is 0 Å². The summed E-state index contributed by atoms with van der Waals surface area (Å²) in [5.74, 6) is -2.78. The zero-order valence-electron chi connectivity index (χ0n) is 9.28. The van der Waals surface area contributed by atoms with Crippen molar-refractivity contribution >= 4 is 18.2 Å². The SMILES string of the molecule is O=C(O)CN(CC(=O)O)/N=C\c1ccc(F)cc1. The standard InChI is InChI=1S/C11H11FN2O4/c12-9-3-1-8(2-4-9)5-13-14(6-10(15)16)7-11(17)18/h1-5H,6-7H2,(H,15,16)(H,17,18)/b13-5-. The summed E-state index contributed by atoms with van der Waals surface area (Å²) in [5.41, 5.74) is 0.539. The van der Waals surface area contributed by atoms with Crippen LogP contribution in [0.1, 0.15) is 5.56 Å². The molecule has 0 aromatic heterocycles. The number of benzene rings is 1. The average Bonchev–Trinajstić information content (AvgIpc) is 2.26. The van der Waals surface area contributed by atoms with Crippen LogP contribution in [-0.2, 0) is 9.59 Å². The maximum Gasteiger partial charge on any atom is 0.324 e. The molecular weight excluding hydrogens is 243 g/mol. The molecule has 1 rings (SSSR count). The molecule has 0 saturated heterocycles. The Balaban J connectivity index is 2.72. The summed E-state index contributed by atoms with van der Waals surface area (Å²) in [4.78, 5) is 21.0. The Kier molecular flexibility index (Phi) is 4.79. The number of hydrazone groups is 1. The molecule has 0 aliphatic rings. The summed E-state index contributed by atoms with van der Waals surface area (Å²) in [7, 11) is 0. The molecule has 0 fully saturated rings. The van der Waals surface area contributed by atoms with Gasteiger partial charge < -0.3 is 10.2 Å². The maximum atomic E-state index is 12.6. The molecule has 1 aromatic rings. The van der Waals surface area contributed by atoms with Gasteiger partial charge in [-0.15, -0.1) is 0 Å². The zero-order chi connectivity index (χ0) is 13.5. The Morgan fingerprint density at radius 2 is 1.67 bits per heavy atom. The second-order valence-corrected chi connectivity index (χ2v) is 3.41. The Morgan fingerprint density at radius 1 is 1.17 bits per heavy atom. The number of rotatable bonds is 6. The Morgan fingerprint density at radius 3 is 2.11 bits per heavy atom. The highest BCUT2D eigenvalue weighted by Crippen LogP contribution is 2.00. The van der Waals surface area contributed by atoms with Gasteiger partial charge in [0.05, 0.1) is 6.21 Å². The van der Waals surface area contributed by atoms with Gasteiger partial charge >= 0.3 is 11.9 Å². The molecular formula is C11H11FN2O4. The lowest BCUT2D eigenvalue weighted by molar-refractivity contribution is -0.141. The van der Waals surface area contributed by atoms with E-state index in [1.54, 1.807) is 0 Å². The van der Waals surface area contributed by atoms with Crippen molar-refractivity contribution in [3.8, 4) is 0 Å². The highest BCUT2D eigenvalue weighted by Gasteiger charge is 2.10. The molecule has 18 heavy (non-hydrogen) atoms. The predicted molar refractivity (Wildman–Crippen MR) is 60.8 cm³/mol. The largest absolute Gasteiger partial charge is 0.480 e. The fraction of sp³-hybridized carbons (Fsp3) is 0.182. The van der Waals surface area contributed by atoms with Crippen LogP contribution in [-0.4, -0.2) is 46.5 Å². The second-order valence-electron chi connectivity index (χ2n) is 3.41. The number of carbonyl (C=O) groups is 2. The summed E-state index contributed by atoms with van der Waals surface area (Å²) >= 11 is 0. The van der Waals surface area contributed by atoms with E-state index in [1.165, 1.54) is 30.5 Å². The molecule has 0 aliphatic heterocycles. The van der Waals surface area contributed by atoms with E-state index in [0.29, 0.717) is 5.56 Å². The quantitative estimate of drug-likeness (QED) is 0.574. The molecule has 0 aliphatic carbocycles. The third-order valence-corrected chi connectivity index (χ3v) is 1.88. The zero-order valence-corrected chi connectivity index (χ0v) is 9.28. The van der Waals surface area contributed by atoms with Crippen LogP contribution >= 0.6 is 0 Å². The van der Waals surface area contributed by atoms with Gasteiger partial charge in [-0.25, -0.2) is 4.39 Å². The number of carboxylic acid groups (broad SMARTS) is 2. The highest BCUT2D eigenvalue weighted by molar-refractivity contribution is 5.80. The number of halogens is 1. The van der Waals surface area contributed by atoms with Gasteiger partial charge in [-0.2, -0.15) is 5.10 Å². The van der Waals surface area contributed by atoms with Gasteiger partial charge in [-0.05, 0) is 17.7 Å². The molecule has 2 N–H and O–H groups in total. The van der Waals surface area contributed by atoms with Crippen LogP contribution in [0.15, 0.2) is 29.4 Å². The van der Waals surface area contributed by atoms with E-state index in [2.05, 4.69) is 5.10 Å². The van der Waals surface area contributed by atoms with Gasteiger partial charge in [0.1, 0.15) is 18.9 Å². The second kappa shape index (κ2) is 6.33. The van der Waals surface area contributed by atoms with Gasteiger partial charge in [0.2, 0.25) is 0 Å². The fourth-order valence-corrected chi connectivity index (χ4v) is 1.15. The predicted octanol–water partition coefficient (Wildman–Crippen LogP) is 0.631. The van der Waals surface area contributed by atoms with Crippen LogP contribution in [0.4, 0.5) is 4.39 Å². The number of hydrogen-bond donors (Lipinski definition) is 2. The van der Waals surface area contributed by atoms with Crippen molar-refractivity contribution < 1.29 is 24.2 Å². The van der Waals surface area contributed by atoms with Crippen molar-refractivity contribution in [1.29, 1.82) is 0 Å². The first-order valence-corrected chi connectivity index (χ1v) is 4.95. The van der Waals surface area contributed by atoms with E-state index in [9.17, 15) is 14.0 Å². The van der Waals surface area contributed by atoms with Crippen molar-refractivity contribution in [2.24, 2.45) is 5.10 Å². The van der Waals surface area contributed by atoms with Crippen molar-refractivity contribution in [1.82, 2.24) is 5.01 Å². The minimum Gasteiger partial charge on any atom is -0.480 e. The number of carboxylic acids is 2. The monoisotopic (exact) mass is 254 g/mol. The molecule has 7 heteroatoms. The van der Waals surface area contributed by atoms with E-state index < -0.39 is 30.8 Å². The molecule has 0 unspecified atom stereocenters. The Bertz CT molecular complexity index is 443. The average molecular weight is 254 g/mol. The molecule has 0 heterocycles. The van der Waals surface area contributed by atoms with Crippen LogP contribution in [0.25, 0.3) is 0 Å². The summed E-state index contributed by atoms with van der Waals surface area (Å²) < 4.78 is 12.6. The Hall–Kier alpha value is -2.44. The maximum absolute atomic E-state index is 12.6. The van der Waals surface area contributed by atoms with E-state index in [1.807, 2.05) is 0 Å². The van der Waals surface area contributed by atoms with Crippen molar-refractivity contribution in [2.45, 2.75) is 0 Å². The summed E-state index contributed by atoms with van der Waals surface area (Å²) in [5, 5.41) is 21.8. The summed E-state index contributed by atoms with van der Waals surface area (Å²) in [6, 6.07) is 5.33. The molecule has 1 aromatic carbocycles. The van der Waals surface area contributed by atoms with Gasteiger partial charge in [-0.3, -0.25) is 14.6 Å². The molecule has 0 spiro atoms. The molecule has 6 nitrogen and oxygen atoms in total. The van der Waals surface area contributed by atoms with Crippen molar-refractivity contribution in [3.63, 3.8) is 0 Å². The van der Waals surface area contributed by atoms with Crippen molar-refractivity contribution in [2.75, 3.05) is 13.1 Å². The molecule has 0 atom stereocenters. The van der Waals surface area contributed by atoms with Crippen molar-refractivity contribution in [3.05, 3.63) is 35.6 Å². The van der Waals surface area contributed by atoms with Crippen LogP contribution in [0, 0.1) is 5.82 Å². The summed E-state index contributed by atoms with van der Waals surface area (Å²) in [6.07, 6.45) is 1.27. The normalized spacial score (nSPS) is 10.5. The topological polar surface area (TPSA) is 90.2 Å². The van der Waals surface area contributed by atoms with E-state index in [-0.39, 0.29) is 0 Å². The van der Waals surface area contributed by atoms with Crippen LogP contribution < -0.4 is 0 Å². The molecule has 0 radical (unpaired) electrons. The number of aliphatic carboxylic acids is 2. The number of nitrogens with zero attached hydrogens (tertiary/aromatic N) is 2. The molecule has 96 valence electrons. The fourth-order valence-electron chi connectivity index (χ4n) is 1.15. The Labute approximate surface area is 102 Å². The molecule has 0 amide bonds. The third kappa shape index (κ3) is 5.06. The number of hydrogen-bond acceptors (Lipinski definition) is 4. The first-order valence-electron chi connectivity index (χ1n) is 4.95. The van der Waals surface area contributed by atoms with E-state index >= 15 is 0 Å². The van der Waals surface area contributed by atoms with Crippen LogP contribution in [0.3, 0.4) is 0 Å². The van der Waals surface area contributed by atoms with Gasteiger partial charge in [0, 0.05) is 0 Å². The smallest absolute Gasteiger partial charge is 0.324 e. The van der Waals surface area contributed by atoms with Crippen LogP contribution in [0.5, 0.6) is 0 Å².